The lowest BCUT2D eigenvalue weighted by Crippen LogP contribution is -2.73. The number of hydrogen-bond donors (Lipinski definition) is 29. The third-order valence-electron chi connectivity index (χ3n) is 19.1. The van der Waals surface area contributed by atoms with E-state index >= 15 is 0 Å². The van der Waals surface area contributed by atoms with Crippen molar-refractivity contribution in [1.82, 2.24) is 21.3 Å². The summed E-state index contributed by atoms with van der Waals surface area (Å²) in [5.74, 6) is -21.4. The van der Waals surface area contributed by atoms with E-state index in [1.807, 2.05) is 0 Å². The highest BCUT2D eigenvalue weighted by Crippen LogP contribution is 2.44. The first-order valence-electron chi connectivity index (χ1n) is 33.5. The number of carbonyl (C=O) groups is 7. The van der Waals surface area contributed by atoms with E-state index in [1.54, 1.807) is 0 Å². The molecule has 108 heavy (non-hydrogen) atoms. The van der Waals surface area contributed by atoms with Gasteiger partial charge in [0, 0.05) is 47.0 Å². The fourth-order valence-electron chi connectivity index (χ4n) is 13.7. The van der Waals surface area contributed by atoms with Crippen LogP contribution in [0.4, 0.5) is 0 Å². The van der Waals surface area contributed by atoms with Crippen LogP contribution in [-0.4, -0.2) is 447 Å². The molecule has 0 bridgehead atoms. The van der Waals surface area contributed by atoms with E-state index in [9.17, 15) is 161 Å². The van der Waals surface area contributed by atoms with Crippen LogP contribution in [0.25, 0.3) is 0 Å². The van der Waals surface area contributed by atoms with Gasteiger partial charge in [-0.1, -0.05) is 0 Å². The number of aliphatic hydroxyl groups excluding tert-OH is 22. The first-order valence-corrected chi connectivity index (χ1v) is 33.5. The molecule has 0 aromatic rings. The van der Waals surface area contributed by atoms with Crippen LogP contribution in [0, 0.1) is 0 Å². The zero-order valence-electron chi connectivity index (χ0n) is 57.6. The van der Waals surface area contributed by atoms with Gasteiger partial charge in [-0.15, -0.1) is 0 Å². The van der Waals surface area contributed by atoms with E-state index in [0.717, 1.165) is 27.7 Å². The van der Waals surface area contributed by atoms with Gasteiger partial charge in [0.1, 0.15) is 153 Å². The number of hydrogen-bond acceptors (Lipinski definition) is 42. The van der Waals surface area contributed by atoms with Gasteiger partial charge >= 0.3 is 17.9 Å². The summed E-state index contributed by atoms with van der Waals surface area (Å²) < 4.78 is 75.6. The van der Waals surface area contributed by atoms with Crippen LogP contribution in [0.1, 0.15) is 47.0 Å². The summed E-state index contributed by atoms with van der Waals surface area (Å²) in [6.45, 7) is -5.80. The average molecular weight is 1580 g/mol. The minimum absolute atomic E-state index is 0.814. The summed E-state index contributed by atoms with van der Waals surface area (Å²) in [7, 11) is 0. The van der Waals surface area contributed by atoms with Gasteiger partial charge in [0.25, 0.3) is 17.4 Å². The van der Waals surface area contributed by atoms with Gasteiger partial charge in [-0.3, -0.25) is 19.2 Å². The van der Waals surface area contributed by atoms with Gasteiger partial charge in [-0.2, -0.15) is 0 Å². The Morgan fingerprint density at radius 2 is 0.722 bits per heavy atom. The smallest absolute Gasteiger partial charge is 0.364 e. The molecule has 49 nitrogen and oxygen atoms in total. The molecule has 29 N–H and O–H groups in total. The molecule has 0 saturated carbocycles. The molecule has 49 heteroatoms. The molecule has 622 valence electrons. The molecule has 0 unspecified atom stereocenters. The molecule has 0 spiro atoms. The summed E-state index contributed by atoms with van der Waals surface area (Å²) in [5, 5.41) is 285. The Morgan fingerprint density at radius 1 is 0.380 bits per heavy atom. The molecule has 38 atom stereocenters. The number of rotatable bonds is 32. The highest BCUT2D eigenvalue weighted by Gasteiger charge is 2.66. The number of ether oxygens (including phenoxy) is 13. The molecule has 7 aliphatic rings. The Bertz CT molecular complexity index is 3010. The van der Waals surface area contributed by atoms with Crippen LogP contribution < -0.4 is 21.3 Å². The Labute approximate surface area is 609 Å². The van der Waals surface area contributed by atoms with Gasteiger partial charge in [0.2, 0.25) is 23.6 Å². The Hall–Kier alpha value is -5.11. The second-order valence-corrected chi connectivity index (χ2v) is 26.8. The zero-order valence-corrected chi connectivity index (χ0v) is 57.6. The molecule has 4 amide bonds. The molecular weight excluding hydrogens is 1480 g/mol. The standard InChI is InChI=1S/C59H96N4O45/c1-15(71)60-29-19(75)5-57(54(90)91,104-45(29)33(80)22(78)8-64)103-26(12-68)37(84)47-31(62-17(3)73)21(77)6-58(106-47,55(92)93)107-48-36(83)25(11-67)98-52(40(48)87)102-44-32(63-18(4)74)51(97-24(10-66)35(44)82)101-43-28(14-70)99-53(100-42-27(13-69)96-50(89)39(86)38(42)85)41(88)49(43)108-59(56(94)95)7-20(76)30(61-16(2)72)46(105-59)34(81)23(79)9-65/h19-53,64-70,75-89H,5-14H2,1-4H3,(H,60,71)(H,61,72)(H,62,73)(H,63,74)(H,90,91)(H,92,93)(H,94,95)/t19-,20-,21-,22+,23+,24+,25+,26+,27+,28+,29+,30+,31+,32+,33+,34+,35-,36-,37+,38+,39+,40+,41+,42+,43-,44+,45+,46+,47+,48-,49+,50+,51-,52-,53-,57+,58-,59-/m0/s1. The Balaban J connectivity index is 1.26. The predicted molar refractivity (Wildman–Crippen MR) is 330 cm³/mol. The number of amides is 4. The van der Waals surface area contributed by atoms with E-state index in [2.05, 4.69) is 21.3 Å². The van der Waals surface area contributed by atoms with Crippen molar-refractivity contribution in [2.45, 2.75) is 278 Å². The lowest BCUT2D eigenvalue weighted by Gasteiger charge is -2.53. The summed E-state index contributed by atoms with van der Waals surface area (Å²) in [5.41, 5.74) is 0. The number of carboxylic acids is 3. The maximum atomic E-state index is 13.8. The largest absolute Gasteiger partial charge is 0.477 e. The third kappa shape index (κ3) is 19.4. The van der Waals surface area contributed by atoms with Crippen LogP contribution in [0.15, 0.2) is 0 Å². The van der Waals surface area contributed by atoms with Crippen molar-refractivity contribution in [3.05, 3.63) is 0 Å². The van der Waals surface area contributed by atoms with Crippen LogP contribution in [0.2, 0.25) is 0 Å². The van der Waals surface area contributed by atoms with E-state index in [0.29, 0.717) is 0 Å². The Morgan fingerprint density at radius 3 is 1.13 bits per heavy atom. The van der Waals surface area contributed by atoms with Gasteiger partial charge in [-0.25, -0.2) is 14.4 Å². The SMILES string of the molecule is CC(=O)N[C@H]1[C@H](O[C@@H]2[C@H](O[C@]3(C(=O)O)C[C@H](O)[C@@H](NC(C)=O)[C@H]([C@H](O)[C@H](O)CO)O3)[C@@H](O)[C@H](O[C@H]3[C@H](O)[C@@H](O)[C@H](O)O[C@@H]3CO)O[C@@H]2CO)O[C@H](CO)[C@H](O)[C@@H]1O[C@@H]1O[C@H](CO)[C@H](O)[C@H](O[C@]2(C(=O)O)C[C@H](O)[C@@H](NC(C)=O)[C@H]([C@H](O)[C@@H](CO)O[C@]3(C(=O)O)C[C@H](O)[C@@H](NC(C)=O)[C@H]([C@H](O)[C@H](O)CO)O3)O2)[C@H]1O. The second kappa shape index (κ2) is 37.7. The first kappa shape index (κ1) is 90.1. The lowest BCUT2D eigenvalue weighted by atomic mass is 9.87. The molecule has 7 saturated heterocycles. The first-order chi connectivity index (χ1) is 50.6. The van der Waals surface area contributed by atoms with Crippen molar-refractivity contribution in [2.24, 2.45) is 0 Å². The van der Waals surface area contributed by atoms with Gasteiger partial charge in [0.15, 0.2) is 25.2 Å². The molecule has 0 radical (unpaired) electrons. The number of aliphatic carboxylic acids is 3. The maximum absolute atomic E-state index is 13.8. The van der Waals surface area contributed by atoms with Crippen molar-refractivity contribution in [2.75, 3.05) is 46.2 Å². The van der Waals surface area contributed by atoms with Crippen LogP contribution in [0.5, 0.6) is 0 Å². The molecule has 7 fully saturated rings. The quantitative estimate of drug-likeness (QED) is 0.0297. The monoisotopic (exact) mass is 1580 g/mol. The van der Waals surface area contributed by atoms with Crippen LogP contribution in [0.3, 0.4) is 0 Å². The summed E-state index contributed by atoms with van der Waals surface area (Å²) in [6, 6.07) is -7.96. The van der Waals surface area contributed by atoms with E-state index in [1.165, 1.54) is 0 Å². The van der Waals surface area contributed by atoms with Crippen molar-refractivity contribution >= 4 is 41.5 Å². The molecule has 7 rings (SSSR count). The summed E-state index contributed by atoms with van der Waals surface area (Å²) >= 11 is 0. The summed E-state index contributed by atoms with van der Waals surface area (Å²) in [6.07, 6.45) is -77.3. The van der Waals surface area contributed by atoms with Crippen molar-refractivity contribution in [3.63, 3.8) is 0 Å². The van der Waals surface area contributed by atoms with E-state index < -0.39 is 339 Å². The molecule has 7 heterocycles. The normalized spacial score (nSPS) is 43.4. The molecular formula is C59H96N4O45. The summed E-state index contributed by atoms with van der Waals surface area (Å²) in [4.78, 5) is 91.4. The van der Waals surface area contributed by atoms with Crippen molar-refractivity contribution in [1.29, 1.82) is 0 Å². The Kier molecular flexibility index (Phi) is 31.4. The number of nitrogens with one attached hydrogen (secondary N) is 4. The maximum Gasteiger partial charge on any atom is 0.364 e. The highest BCUT2D eigenvalue weighted by molar-refractivity contribution is 5.78. The molecule has 7 aliphatic heterocycles. The second-order valence-electron chi connectivity index (χ2n) is 26.8. The van der Waals surface area contributed by atoms with Gasteiger partial charge in [0.05, 0.1) is 82.7 Å². The molecule has 0 aromatic heterocycles. The highest BCUT2D eigenvalue weighted by atomic mass is 16.8. The minimum Gasteiger partial charge on any atom is -0.477 e. The lowest BCUT2D eigenvalue weighted by molar-refractivity contribution is -0.404. The fraction of sp³-hybridized carbons (Fsp3) is 0.881. The van der Waals surface area contributed by atoms with Crippen molar-refractivity contribution in [3.8, 4) is 0 Å². The third-order valence-corrected chi connectivity index (χ3v) is 19.1. The molecule has 0 aliphatic carbocycles. The number of carboxylic acid groups (broad SMARTS) is 3. The van der Waals surface area contributed by atoms with Crippen LogP contribution >= 0.6 is 0 Å². The van der Waals surface area contributed by atoms with Gasteiger partial charge in [-0.05, 0) is 0 Å². The van der Waals surface area contributed by atoms with E-state index in [4.69, 9.17) is 61.6 Å². The van der Waals surface area contributed by atoms with Crippen LogP contribution in [-0.2, 0) is 95.1 Å². The minimum atomic E-state index is -3.61. The van der Waals surface area contributed by atoms with E-state index in [-0.39, 0.29) is 0 Å². The van der Waals surface area contributed by atoms with Crippen molar-refractivity contribution < 1.29 is 223 Å². The average Bonchev–Trinajstić information content (AvgIpc) is 0.747. The topological polar surface area (TPSA) is 793 Å². The fourth-order valence-corrected chi connectivity index (χ4v) is 13.7. The predicted octanol–water partition coefficient (Wildman–Crippen LogP) is -18.1. The number of carbonyl (C=O) groups excluding carboxylic acids is 4. The van der Waals surface area contributed by atoms with Gasteiger partial charge < -0.3 is 211 Å². The zero-order chi connectivity index (χ0) is 80.8. The molecule has 0 aromatic carbocycles. The number of aliphatic hydroxyl groups is 22.